The number of nitrogens with zero attached hydrogens (tertiary/aromatic N) is 5. The first-order valence-electron chi connectivity index (χ1n) is 10.9. The first kappa shape index (κ1) is 19.1. The number of carbonyl (C=O) groups is 2. The molecule has 3 aliphatic rings. The van der Waals surface area contributed by atoms with Gasteiger partial charge in [0.1, 0.15) is 6.54 Å². The molecule has 1 saturated carbocycles. The summed E-state index contributed by atoms with van der Waals surface area (Å²) in [6, 6.07) is 9.51. The van der Waals surface area contributed by atoms with Crippen LogP contribution in [0.3, 0.4) is 0 Å². The molecular weight excluding hydrogens is 382 g/mol. The first-order chi connectivity index (χ1) is 14.7. The summed E-state index contributed by atoms with van der Waals surface area (Å²) >= 11 is 0. The maximum atomic E-state index is 12.9. The van der Waals surface area contributed by atoms with Crippen LogP contribution in [0.5, 0.6) is 0 Å². The third-order valence-electron chi connectivity index (χ3n) is 6.25. The number of para-hydroxylation sites is 1. The fourth-order valence-electron chi connectivity index (χ4n) is 4.40. The Kier molecular flexibility index (Phi) is 5.14. The normalized spacial score (nSPS) is 22.1. The number of likely N-dealkylation sites (tertiary alicyclic amines) is 1. The molecule has 8 heteroatoms. The topological polar surface area (TPSA) is 82.8 Å². The van der Waals surface area contributed by atoms with Gasteiger partial charge in [0, 0.05) is 44.2 Å². The maximum Gasteiger partial charge on any atom is 0.325 e. The van der Waals surface area contributed by atoms with E-state index in [1.807, 2.05) is 35.2 Å². The van der Waals surface area contributed by atoms with E-state index in [0.717, 1.165) is 43.7 Å². The lowest BCUT2D eigenvalue weighted by Crippen LogP contribution is -2.46. The van der Waals surface area contributed by atoms with Crippen molar-refractivity contribution in [3.8, 4) is 0 Å². The minimum absolute atomic E-state index is 0.0205. The lowest BCUT2D eigenvalue weighted by atomic mass is 9.94. The lowest BCUT2D eigenvalue weighted by Gasteiger charge is -2.33. The summed E-state index contributed by atoms with van der Waals surface area (Å²) in [6.07, 6.45) is 5.04. The second kappa shape index (κ2) is 8.08. The van der Waals surface area contributed by atoms with Gasteiger partial charge in [0.15, 0.2) is 5.82 Å². The third-order valence-corrected chi connectivity index (χ3v) is 6.25. The van der Waals surface area contributed by atoms with Gasteiger partial charge < -0.3 is 14.3 Å². The van der Waals surface area contributed by atoms with E-state index in [1.54, 1.807) is 9.80 Å². The second-order valence-corrected chi connectivity index (χ2v) is 8.56. The predicted molar refractivity (Wildman–Crippen MR) is 110 cm³/mol. The van der Waals surface area contributed by atoms with E-state index in [-0.39, 0.29) is 18.5 Å². The van der Waals surface area contributed by atoms with Crippen LogP contribution in [0.15, 0.2) is 34.9 Å². The van der Waals surface area contributed by atoms with E-state index in [0.29, 0.717) is 43.8 Å². The van der Waals surface area contributed by atoms with Crippen LogP contribution in [0.1, 0.15) is 43.3 Å². The highest BCUT2D eigenvalue weighted by Crippen LogP contribution is 2.38. The summed E-state index contributed by atoms with van der Waals surface area (Å²) in [4.78, 5) is 35.5. The number of benzene rings is 1. The summed E-state index contributed by atoms with van der Waals surface area (Å²) in [5, 5.41) is 4.09. The lowest BCUT2D eigenvalue weighted by molar-refractivity contribution is -0.133. The molecular formula is C22H27N5O3. The van der Waals surface area contributed by atoms with Gasteiger partial charge in [-0.25, -0.2) is 4.79 Å². The fraction of sp³-hybridized carbons (Fsp3) is 0.545. The van der Waals surface area contributed by atoms with Crippen molar-refractivity contribution in [3.05, 3.63) is 42.0 Å². The van der Waals surface area contributed by atoms with Crippen molar-refractivity contribution in [1.82, 2.24) is 19.9 Å². The number of hydrogen-bond acceptors (Lipinski definition) is 5. The molecule has 2 aromatic rings. The van der Waals surface area contributed by atoms with Gasteiger partial charge in [-0.15, -0.1) is 0 Å². The minimum atomic E-state index is -0.0958. The van der Waals surface area contributed by atoms with E-state index < -0.39 is 0 Å². The van der Waals surface area contributed by atoms with E-state index in [9.17, 15) is 9.59 Å². The van der Waals surface area contributed by atoms with Gasteiger partial charge in [-0.05, 0) is 43.7 Å². The van der Waals surface area contributed by atoms with Crippen LogP contribution in [-0.2, 0) is 11.2 Å². The highest BCUT2D eigenvalue weighted by Gasteiger charge is 2.34. The smallest absolute Gasteiger partial charge is 0.325 e. The van der Waals surface area contributed by atoms with Crippen LogP contribution in [0.4, 0.5) is 10.5 Å². The fourth-order valence-corrected chi connectivity index (χ4v) is 4.40. The second-order valence-electron chi connectivity index (χ2n) is 8.56. The van der Waals surface area contributed by atoms with E-state index in [4.69, 9.17) is 4.52 Å². The van der Waals surface area contributed by atoms with E-state index >= 15 is 0 Å². The standard InChI is InChI=1S/C22H27N5O3/c28-20(15-26-11-12-27(22(26)29)18-6-2-1-3-7-18)25-10-4-5-16(14-25)13-19-23-21(24-30-19)17-8-9-17/h1-3,6-7,16-17H,4-5,8-15H2. The summed E-state index contributed by atoms with van der Waals surface area (Å²) in [5.41, 5.74) is 0.876. The van der Waals surface area contributed by atoms with E-state index in [2.05, 4.69) is 10.1 Å². The molecule has 1 unspecified atom stereocenters. The minimum Gasteiger partial charge on any atom is -0.341 e. The number of amides is 3. The van der Waals surface area contributed by atoms with Gasteiger partial charge in [0.05, 0.1) is 0 Å². The van der Waals surface area contributed by atoms with Crippen molar-refractivity contribution < 1.29 is 14.1 Å². The van der Waals surface area contributed by atoms with Crippen LogP contribution in [0, 0.1) is 5.92 Å². The molecule has 0 bridgehead atoms. The summed E-state index contributed by atoms with van der Waals surface area (Å²) < 4.78 is 5.42. The Hall–Kier alpha value is -2.90. The molecule has 0 spiro atoms. The van der Waals surface area contributed by atoms with Gasteiger partial charge in [0.2, 0.25) is 11.8 Å². The average molecular weight is 409 g/mol. The molecule has 2 aliphatic heterocycles. The Morgan fingerprint density at radius 2 is 1.93 bits per heavy atom. The largest absolute Gasteiger partial charge is 0.341 e. The number of anilines is 1. The van der Waals surface area contributed by atoms with Crippen molar-refractivity contribution in [2.24, 2.45) is 5.92 Å². The zero-order valence-electron chi connectivity index (χ0n) is 17.1. The summed E-state index contributed by atoms with van der Waals surface area (Å²) in [6.45, 7) is 2.75. The average Bonchev–Trinajstić information content (AvgIpc) is 3.42. The van der Waals surface area contributed by atoms with Crippen molar-refractivity contribution in [2.75, 3.05) is 37.6 Å². The van der Waals surface area contributed by atoms with Crippen LogP contribution >= 0.6 is 0 Å². The SMILES string of the molecule is O=C(CN1CCN(c2ccccc2)C1=O)N1CCCC(Cc2nc(C3CC3)no2)C1. The predicted octanol–water partition coefficient (Wildman–Crippen LogP) is 2.67. The first-order valence-corrected chi connectivity index (χ1v) is 10.9. The monoisotopic (exact) mass is 409 g/mol. The number of rotatable bonds is 6. The zero-order chi connectivity index (χ0) is 20.5. The van der Waals surface area contributed by atoms with Crippen molar-refractivity contribution in [1.29, 1.82) is 0 Å². The Bertz CT molecular complexity index is 911. The molecule has 8 nitrogen and oxygen atoms in total. The van der Waals surface area contributed by atoms with Crippen LogP contribution in [0.25, 0.3) is 0 Å². The number of piperidine rings is 1. The van der Waals surface area contributed by atoms with E-state index in [1.165, 1.54) is 0 Å². The number of aromatic nitrogens is 2. The quantitative estimate of drug-likeness (QED) is 0.733. The molecule has 1 aromatic carbocycles. The van der Waals surface area contributed by atoms with Gasteiger partial charge in [-0.2, -0.15) is 4.98 Å². The summed E-state index contributed by atoms with van der Waals surface area (Å²) in [5.74, 6) is 2.35. The third kappa shape index (κ3) is 4.04. The molecule has 1 atom stereocenters. The molecule has 2 saturated heterocycles. The van der Waals surface area contributed by atoms with Crippen LogP contribution in [-0.4, -0.2) is 64.6 Å². The van der Waals surface area contributed by atoms with Crippen molar-refractivity contribution >= 4 is 17.6 Å². The molecule has 5 rings (SSSR count). The molecule has 0 N–H and O–H groups in total. The van der Waals surface area contributed by atoms with Crippen molar-refractivity contribution in [3.63, 3.8) is 0 Å². The van der Waals surface area contributed by atoms with Gasteiger partial charge >= 0.3 is 6.03 Å². The molecule has 1 aromatic heterocycles. The van der Waals surface area contributed by atoms with Crippen molar-refractivity contribution in [2.45, 2.75) is 38.0 Å². The zero-order valence-corrected chi connectivity index (χ0v) is 17.1. The number of carbonyl (C=O) groups excluding carboxylic acids is 2. The molecule has 3 fully saturated rings. The summed E-state index contributed by atoms with van der Waals surface area (Å²) in [7, 11) is 0. The molecule has 158 valence electrons. The Balaban J connectivity index is 1.15. The van der Waals surface area contributed by atoms with Gasteiger partial charge in [-0.3, -0.25) is 9.69 Å². The van der Waals surface area contributed by atoms with Crippen LogP contribution in [0.2, 0.25) is 0 Å². The molecule has 30 heavy (non-hydrogen) atoms. The molecule has 3 heterocycles. The highest BCUT2D eigenvalue weighted by molar-refractivity contribution is 5.96. The number of hydrogen-bond donors (Lipinski definition) is 0. The molecule has 0 radical (unpaired) electrons. The Morgan fingerprint density at radius 3 is 2.73 bits per heavy atom. The molecule has 1 aliphatic carbocycles. The van der Waals surface area contributed by atoms with Gasteiger partial charge in [-0.1, -0.05) is 23.4 Å². The highest BCUT2D eigenvalue weighted by atomic mass is 16.5. The number of urea groups is 1. The Labute approximate surface area is 175 Å². The van der Waals surface area contributed by atoms with Crippen LogP contribution < -0.4 is 4.90 Å². The maximum absolute atomic E-state index is 12.9. The molecule has 3 amide bonds. The Morgan fingerprint density at radius 1 is 1.10 bits per heavy atom. The van der Waals surface area contributed by atoms with Gasteiger partial charge in [0.25, 0.3) is 0 Å².